The number of ether oxygens (including phenoxy) is 1. The van der Waals surface area contributed by atoms with Crippen LogP contribution in [0.5, 0.6) is 5.75 Å². The molecule has 0 unspecified atom stereocenters. The van der Waals surface area contributed by atoms with Gasteiger partial charge in [-0.15, -0.1) is 24.0 Å². The van der Waals surface area contributed by atoms with Gasteiger partial charge >= 0.3 is 0 Å². The van der Waals surface area contributed by atoms with E-state index in [1.165, 1.54) is 32.1 Å². The summed E-state index contributed by atoms with van der Waals surface area (Å²) >= 11 is 0. The summed E-state index contributed by atoms with van der Waals surface area (Å²) < 4.78 is 6.09. The number of rotatable bonds is 7. The molecule has 1 saturated carbocycles. The summed E-state index contributed by atoms with van der Waals surface area (Å²) in [6.45, 7) is 5.40. The first-order valence-electron chi connectivity index (χ1n) is 10.8. The van der Waals surface area contributed by atoms with E-state index < -0.39 is 0 Å². The summed E-state index contributed by atoms with van der Waals surface area (Å²) in [6, 6.07) is 8.22. The van der Waals surface area contributed by atoms with Crippen molar-refractivity contribution in [2.75, 3.05) is 26.2 Å². The number of likely N-dealkylation sites (tertiary alicyclic amines) is 1. The van der Waals surface area contributed by atoms with Gasteiger partial charge in [-0.25, -0.2) is 4.99 Å². The summed E-state index contributed by atoms with van der Waals surface area (Å²) in [5, 5.41) is 6.36. The van der Waals surface area contributed by atoms with E-state index in [2.05, 4.69) is 27.8 Å². The number of benzene rings is 1. The predicted molar refractivity (Wildman–Crippen MR) is 128 cm³/mol. The first-order valence-corrected chi connectivity index (χ1v) is 10.8. The number of amides is 1. The molecule has 1 heterocycles. The summed E-state index contributed by atoms with van der Waals surface area (Å²) in [6.07, 6.45) is 8.81. The topological polar surface area (TPSA) is 66.0 Å². The highest BCUT2D eigenvalue weighted by Crippen LogP contribution is 2.23. The van der Waals surface area contributed by atoms with Gasteiger partial charge in [0.15, 0.2) is 5.96 Å². The van der Waals surface area contributed by atoms with E-state index in [1.807, 2.05) is 24.0 Å². The Bertz CT molecular complexity index is 639. The summed E-state index contributed by atoms with van der Waals surface area (Å²) in [5.41, 5.74) is 1.12. The minimum absolute atomic E-state index is 0. The van der Waals surface area contributed by atoms with Crippen LogP contribution in [0.4, 0.5) is 0 Å². The minimum Gasteiger partial charge on any atom is -0.490 e. The van der Waals surface area contributed by atoms with Crippen LogP contribution in [0.3, 0.4) is 0 Å². The molecule has 1 aliphatic heterocycles. The Morgan fingerprint density at radius 1 is 1.07 bits per heavy atom. The van der Waals surface area contributed by atoms with Crippen molar-refractivity contribution in [3.63, 3.8) is 0 Å². The Hall–Kier alpha value is -1.51. The van der Waals surface area contributed by atoms with Gasteiger partial charge in [-0.2, -0.15) is 0 Å². The van der Waals surface area contributed by atoms with Crippen LogP contribution in [-0.4, -0.2) is 49.0 Å². The molecule has 1 aromatic carbocycles. The first kappa shape index (κ1) is 23.8. The Balaban J connectivity index is 0.00000300. The van der Waals surface area contributed by atoms with E-state index in [-0.39, 0.29) is 29.9 Å². The average Bonchev–Trinajstić information content (AvgIpc) is 3.27. The Labute approximate surface area is 191 Å². The normalized spacial score (nSPS) is 17.6. The van der Waals surface area contributed by atoms with E-state index in [4.69, 9.17) is 4.74 Å². The van der Waals surface area contributed by atoms with Crippen LogP contribution in [0.1, 0.15) is 57.4 Å². The van der Waals surface area contributed by atoms with Crippen LogP contribution in [0.15, 0.2) is 29.3 Å². The largest absolute Gasteiger partial charge is 0.490 e. The van der Waals surface area contributed by atoms with Gasteiger partial charge in [-0.3, -0.25) is 4.79 Å². The molecule has 7 heteroatoms. The third-order valence-corrected chi connectivity index (χ3v) is 5.41. The summed E-state index contributed by atoms with van der Waals surface area (Å²) in [7, 11) is 0. The molecule has 1 aromatic rings. The van der Waals surface area contributed by atoms with E-state index >= 15 is 0 Å². The van der Waals surface area contributed by atoms with Crippen LogP contribution in [0.2, 0.25) is 0 Å². The minimum atomic E-state index is 0. The lowest BCUT2D eigenvalue weighted by atomic mass is 9.98. The number of halogens is 1. The van der Waals surface area contributed by atoms with Crippen molar-refractivity contribution in [3.05, 3.63) is 29.8 Å². The number of nitrogens with zero attached hydrogens (tertiary/aromatic N) is 2. The molecule has 0 radical (unpaired) electrons. The van der Waals surface area contributed by atoms with Gasteiger partial charge in [0, 0.05) is 19.6 Å². The standard InChI is InChI=1S/C22H34N4O2.HI/c1-2-23-22(25-17-21(27)26-14-6-7-15-26)24-16-18-10-12-20(13-11-18)28-19-8-4-3-5-9-19;/h10-13,19H,2-9,14-17H2,1H3,(H2,23,24,25);1H. The van der Waals surface area contributed by atoms with Gasteiger partial charge in [0.2, 0.25) is 5.91 Å². The molecule has 2 N–H and O–H groups in total. The van der Waals surface area contributed by atoms with Crippen LogP contribution < -0.4 is 15.4 Å². The van der Waals surface area contributed by atoms with E-state index in [0.717, 1.165) is 43.8 Å². The monoisotopic (exact) mass is 514 g/mol. The molecule has 1 saturated heterocycles. The number of guanidine groups is 1. The summed E-state index contributed by atoms with van der Waals surface area (Å²) in [5.74, 6) is 1.77. The van der Waals surface area contributed by atoms with Crippen molar-refractivity contribution in [2.45, 2.75) is 64.5 Å². The highest BCUT2D eigenvalue weighted by Gasteiger charge is 2.17. The number of carbonyl (C=O) groups excluding carboxylic acids is 1. The molecule has 1 amide bonds. The average molecular weight is 514 g/mol. The van der Waals surface area contributed by atoms with Crippen LogP contribution in [-0.2, 0) is 11.3 Å². The number of carbonyl (C=O) groups is 1. The zero-order chi connectivity index (χ0) is 19.6. The quantitative estimate of drug-likeness (QED) is 0.331. The van der Waals surface area contributed by atoms with E-state index in [9.17, 15) is 4.79 Å². The molecule has 0 bridgehead atoms. The smallest absolute Gasteiger partial charge is 0.241 e. The maximum atomic E-state index is 12.2. The zero-order valence-electron chi connectivity index (χ0n) is 17.5. The fourth-order valence-corrected chi connectivity index (χ4v) is 3.80. The second-order valence-electron chi connectivity index (χ2n) is 7.66. The van der Waals surface area contributed by atoms with Gasteiger partial charge in [0.25, 0.3) is 0 Å². The molecule has 1 aliphatic carbocycles. The lowest BCUT2D eigenvalue weighted by Crippen LogP contribution is -2.44. The zero-order valence-corrected chi connectivity index (χ0v) is 19.8. The number of nitrogens with one attached hydrogen (secondary N) is 2. The highest BCUT2D eigenvalue weighted by atomic mass is 127. The van der Waals surface area contributed by atoms with Crippen molar-refractivity contribution in [3.8, 4) is 5.75 Å². The molecule has 162 valence electrons. The van der Waals surface area contributed by atoms with Gasteiger partial charge in [0.1, 0.15) is 5.75 Å². The third kappa shape index (κ3) is 8.03. The first-order chi connectivity index (χ1) is 13.7. The van der Waals surface area contributed by atoms with Crippen LogP contribution in [0.25, 0.3) is 0 Å². The lowest BCUT2D eigenvalue weighted by Gasteiger charge is -2.23. The van der Waals surface area contributed by atoms with Gasteiger partial charge in [-0.05, 0) is 63.1 Å². The molecule has 29 heavy (non-hydrogen) atoms. The Morgan fingerprint density at radius 3 is 2.41 bits per heavy atom. The third-order valence-electron chi connectivity index (χ3n) is 5.41. The molecule has 2 fully saturated rings. The van der Waals surface area contributed by atoms with Crippen molar-refractivity contribution in [1.82, 2.24) is 15.5 Å². The molecule has 0 atom stereocenters. The van der Waals surface area contributed by atoms with Gasteiger partial charge in [-0.1, -0.05) is 18.6 Å². The molecule has 0 aromatic heterocycles. The van der Waals surface area contributed by atoms with E-state index in [0.29, 0.717) is 25.2 Å². The Morgan fingerprint density at radius 2 is 1.76 bits per heavy atom. The van der Waals surface area contributed by atoms with Gasteiger partial charge in [0.05, 0.1) is 19.2 Å². The van der Waals surface area contributed by atoms with Crippen molar-refractivity contribution in [2.24, 2.45) is 4.99 Å². The number of aliphatic imine (C=N–C) groups is 1. The van der Waals surface area contributed by atoms with Crippen LogP contribution in [0, 0.1) is 0 Å². The number of hydrogen-bond acceptors (Lipinski definition) is 3. The fraction of sp³-hybridized carbons (Fsp3) is 0.636. The second-order valence-corrected chi connectivity index (χ2v) is 7.66. The SMILES string of the molecule is CCNC(=NCc1ccc(OC2CCCCC2)cc1)NCC(=O)N1CCCC1.I. The highest BCUT2D eigenvalue weighted by molar-refractivity contribution is 14.0. The second kappa shape index (κ2) is 12.9. The van der Waals surface area contributed by atoms with Crippen molar-refractivity contribution in [1.29, 1.82) is 0 Å². The van der Waals surface area contributed by atoms with Crippen LogP contribution >= 0.6 is 24.0 Å². The summed E-state index contributed by atoms with van der Waals surface area (Å²) in [4.78, 5) is 18.7. The maximum Gasteiger partial charge on any atom is 0.241 e. The number of hydrogen-bond donors (Lipinski definition) is 2. The Kier molecular flexibility index (Phi) is 10.6. The molecule has 6 nitrogen and oxygen atoms in total. The molecular formula is C22H35IN4O2. The molecule has 3 rings (SSSR count). The van der Waals surface area contributed by atoms with Crippen molar-refractivity contribution < 1.29 is 9.53 Å². The fourth-order valence-electron chi connectivity index (χ4n) is 3.80. The van der Waals surface area contributed by atoms with Crippen molar-refractivity contribution >= 4 is 35.8 Å². The van der Waals surface area contributed by atoms with E-state index in [1.54, 1.807) is 0 Å². The molecule has 0 spiro atoms. The predicted octanol–water partition coefficient (Wildman–Crippen LogP) is 3.69. The maximum absolute atomic E-state index is 12.2. The van der Waals surface area contributed by atoms with Gasteiger partial charge < -0.3 is 20.3 Å². The molecular weight excluding hydrogens is 479 g/mol. The lowest BCUT2D eigenvalue weighted by molar-refractivity contribution is -0.128. The molecule has 2 aliphatic rings.